The van der Waals surface area contributed by atoms with Gasteiger partial charge in [0.15, 0.2) is 18.5 Å². The number of aliphatic hydroxyl groups is 9. The zero-order valence-corrected chi connectivity index (χ0v) is 28.0. The van der Waals surface area contributed by atoms with Crippen molar-refractivity contribution in [3.8, 4) is 23.0 Å². The van der Waals surface area contributed by atoms with E-state index in [1.807, 2.05) is 0 Å². The highest BCUT2D eigenvalue weighted by Gasteiger charge is 2.53. The zero-order chi connectivity index (χ0) is 37.8. The molecule has 2 aromatic rings. The van der Waals surface area contributed by atoms with Gasteiger partial charge in [0.1, 0.15) is 83.5 Å². The Kier molecular flexibility index (Phi) is 11.3. The molecule has 0 amide bonds. The van der Waals surface area contributed by atoms with Gasteiger partial charge in [0.2, 0.25) is 12.1 Å². The number of ketones is 1. The van der Waals surface area contributed by atoms with Crippen LogP contribution in [0.15, 0.2) is 36.4 Å². The Morgan fingerprint density at radius 1 is 0.750 bits per heavy atom. The summed E-state index contributed by atoms with van der Waals surface area (Å²) in [6.07, 6.45) is -24.3. The highest BCUT2D eigenvalue weighted by molar-refractivity contribution is 6.05. The van der Waals surface area contributed by atoms with E-state index >= 15 is 0 Å². The highest BCUT2D eigenvalue weighted by Crippen LogP contribution is 2.45. The van der Waals surface area contributed by atoms with Gasteiger partial charge in [-0.05, 0) is 37.0 Å². The van der Waals surface area contributed by atoms with Gasteiger partial charge in [-0.15, -0.1) is 0 Å². The quantitative estimate of drug-likeness (QED) is 0.131. The lowest BCUT2D eigenvalue weighted by atomic mass is 9.81. The van der Waals surface area contributed by atoms with Gasteiger partial charge >= 0.3 is 0 Å². The van der Waals surface area contributed by atoms with Crippen LogP contribution >= 0.6 is 0 Å². The number of Topliss-reactive ketones (excluding diaryl/α,β-unsaturated/α-hetero) is 1. The molecule has 0 spiro atoms. The first-order chi connectivity index (χ1) is 24.6. The lowest BCUT2D eigenvalue weighted by molar-refractivity contribution is -0.334. The van der Waals surface area contributed by atoms with Crippen molar-refractivity contribution in [1.82, 2.24) is 0 Å². The van der Waals surface area contributed by atoms with Gasteiger partial charge in [-0.2, -0.15) is 0 Å². The number of hydrogen-bond acceptors (Lipinski definition) is 18. The molecule has 18 nitrogen and oxygen atoms in total. The van der Waals surface area contributed by atoms with E-state index in [2.05, 4.69) is 0 Å². The van der Waals surface area contributed by atoms with Gasteiger partial charge in [-0.1, -0.05) is 19.1 Å². The molecule has 2 saturated heterocycles. The predicted octanol–water partition coefficient (Wildman–Crippen LogP) is -2.68. The fourth-order valence-electron chi connectivity index (χ4n) is 6.94. The molecule has 52 heavy (non-hydrogen) atoms. The van der Waals surface area contributed by atoms with Crippen molar-refractivity contribution in [3.05, 3.63) is 47.5 Å². The molecule has 288 valence electrons. The molecule has 11 N–H and O–H groups in total. The molecule has 1 aliphatic carbocycles. The fraction of sp³-hybridized carbons (Fsp3) is 0.618. The highest BCUT2D eigenvalue weighted by atomic mass is 16.7. The van der Waals surface area contributed by atoms with Crippen molar-refractivity contribution in [1.29, 1.82) is 0 Å². The summed E-state index contributed by atoms with van der Waals surface area (Å²) in [6.45, 7) is 2.26. The van der Waals surface area contributed by atoms with Crippen molar-refractivity contribution in [2.24, 2.45) is 5.92 Å². The number of phenols is 2. The van der Waals surface area contributed by atoms with Gasteiger partial charge in [0, 0.05) is 12.1 Å². The van der Waals surface area contributed by atoms with Gasteiger partial charge < -0.3 is 84.6 Å². The van der Waals surface area contributed by atoms with Crippen molar-refractivity contribution >= 4 is 5.78 Å². The van der Waals surface area contributed by atoms with E-state index in [1.54, 1.807) is 6.92 Å². The molecule has 0 bridgehead atoms. The summed E-state index contributed by atoms with van der Waals surface area (Å²) in [5, 5.41) is 115. The van der Waals surface area contributed by atoms with Crippen LogP contribution in [0, 0.1) is 5.92 Å². The Morgan fingerprint density at radius 2 is 1.42 bits per heavy atom. The van der Waals surface area contributed by atoms with Crippen molar-refractivity contribution in [2.45, 2.75) is 118 Å². The van der Waals surface area contributed by atoms with E-state index in [0.29, 0.717) is 0 Å². The first kappa shape index (κ1) is 38.5. The van der Waals surface area contributed by atoms with Gasteiger partial charge in [0.25, 0.3) is 0 Å². The standard InChI is InChI=1S/C34H44O18/c1-11-7-18(23(40)26(43)21(11)38)50-32-28(45)24(41)19(10-35)51-34(32)52-31-25(42)20-16(37)8-15(48-33-29(46)27(44)22(39)12(2)47-33)9-17(20)49-30(31)13-3-5-14(36)6-4-13/h3-6,8-9,11-12,18-19,21-24,26-41,43-46H,7,10H2,1-2H3/t11-,12+,18-,19-,21+,22+,23+,24-,26-,27-,28+,29-,30+,31-,32-,33+,34-/m1/s1. The number of rotatable bonds is 8. The Morgan fingerprint density at radius 3 is 2.10 bits per heavy atom. The molecular formula is C34H44O18. The molecule has 18 heteroatoms. The molecule has 6 rings (SSSR count). The summed E-state index contributed by atoms with van der Waals surface area (Å²) < 4.78 is 35.3. The van der Waals surface area contributed by atoms with E-state index in [-0.39, 0.29) is 34.8 Å². The van der Waals surface area contributed by atoms with E-state index in [9.17, 15) is 61.0 Å². The normalized spacial score (nSPS) is 42.3. The second-order valence-electron chi connectivity index (χ2n) is 13.7. The van der Waals surface area contributed by atoms with Crippen molar-refractivity contribution in [2.75, 3.05) is 6.61 Å². The van der Waals surface area contributed by atoms with E-state index in [0.717, 1.165) is 6.07 Å². The molecule has 17 atom stereocenters. The third-order valence-corrected chi connectivity index (χ3v) is 10.1. The molecule has 1 saturated carbocycles. The third kappa shape index (κ3) is 7.19. The number of carbonyl (C=O) groups is 1. The molecule has 3 aliphatic heterocycles. The van der Waals surface area contributed by atoms with Crippen LogP contribution < -0.4 is 9.47 Å². The minimum Gasteiger partial charge on any atom is -0.508 e. The SMILES string of the molecule is C[C@@H]1C[C@@H](O[C@H]2[C@@H](O[C@@H]3C(=O)c4c(O)cc(O[C@@H]5O[C@@H](C)[C@H](O)[C@@H](O)[C@H]5O)cc4O[C@H]3c3ccc(O)cc3)O[C@H](CO)[C@@H](O)[C@@H]2O)[C@H](O)[C@H](O)[C@H]1O. The molecular weight excluding hydrogens is 696 g/mol. The Balaban J connectivity index is 1.33. The lowest BCUT2D eigenvalue weighted by Gasteiger charge is -2.47. The summed E-state index contributed by atoms with van der Waals surface area (Å²) >= 11 is 0. The lowest BCUT2D eigenvalue weighted by Crippen LogP contribution is -2.63. The average molecular weight is 741 g/mol. The van der Waals surface area contributed by atoms with Crippen molar-refractivity contribution in [3.63, 3.8) is 0 Å². The van der Waals surface area contributed by atoms with Gasteiger partial charge in [-0.3, -0.25) is 4.79 Å². The molecule has 2 aromatic carbocycles. The molecule has 3 fully saturated rings. The maximum Gasteiger partial charge on any atom is 0.229 e. The first-order valence-electron chi connectivity index (χ1n) is 16.8. The summed E-state index contributed by atoms with van der Waals surface area (Å²) in [4.78, 5) is 14.3. The third-order valence-electron chi connectivity index (χ3n) is 10.1. The Labute approximate surface area is 296 Å². The first-order valence-corrected chi connectivity index (χ1v) is 16.8. The molecule has 0 unspecified atom stereocenters. The van der Waals surface area contributed by atoms with Crippen LogP contribution in [0.2, 0.25) is 0 Å². The summed E-state index contributed by atoms with van der Waals surface area (Å²) in [5.41, 5.74) is -0.117. The minimum absolute atomic E-state index is 0.00346. The number of phenolic OH excluding ortho intramolecular Hbond substituents is 2. The summed E-state index contributed by atoms with van der Waals surface area (Å²) in [5.74, 6) is -2.60. The molecule has 4 aliphatic rings. The summed E-state index contributed by atoms with van der Waals surface area (Å²) in [7, 11) is 0. The number of aliphatic hydroxyl groups excluding tert-OH is 9. The summed E-state index contributed by atoms with van der Waals surface area (Å²) in [6, 6.07) is 7.70. The van der Waals surface area contributed by atoms with Crippen LogP contribution in [0.5, 0.6) is 23.0 Å². The smallest absolute Gasteiger partial charge is 0.229 e. The Hall–Kier alpha value is -3.21. The van der Waals surface area contributed by atoms with Crippen LogP contribution in [0.1, 0.15) is 42.3 Å². The van der Waals surface area contributed by atoms with Crippen molar-refractivity contribution < 1.29 is 89.4 Å². The number of benzene rings is 2. The maximum absolute atomic E-state index is 14.3. The van der Waals surface area contributed by atoms with Crippen LogP contribution in [0.3, 0.4) is 0 Å². The predicted molar refractivity (Wildman–Crippen MR) is 170 cm³/mol. The number of fused-ring (bicyclic) bond motifs is 1. The second-order valence-corrected chi connectivity index (χ2v) is 13.7. The van der Waals surface area contributed by atoms with E-state index < -0.39 is 122 Å². The van der Waals surface area contributed by atoms with Gasteiger partial charge in [0.05, 0.1) is 24.9 Å². The van der Waals surface area contributed by atoms with E-state index in [4.69, 9.17) is 28.4 Å². The number of hydrogen-bond donors (Lipinski definition) is 11. The van der Waals surface area contributed by atoms with Gasteiger partial charge in [-0.25, -0.2) is 0 Å². The minimum atomic E-state index is -1.82. The second kappa shape index (κ2) is 15.3. The maximum atomic E-state index is 14.3. The largest absolute Gasteiger partial charge is 0.508 e. The van der Waals surface area contributed by atoms with Crippen LogP contribution in [0.4, 0.5) is 0 Å². The average Bonchev–Trinajstić information content (AvgIpc) is 3.11. The fourth-order valence-corrected chi connectivity index (χ4v) is 6.94. The number of carbonyl (C=O) groups excluding carboxylic acids is 1. The Bertz CT molecular complexity index is 1560. The number of ether oxygens (including phenoxy) is 6. The van der Waals surface area contributed by atoms with Crippen LogP contribution in [-0.4, -0.2) is 160 Å². The van der Waals surface area contributed by atoms with Crippen LogP contribution in [-0.2, 0) is 18.9 Å². The zero-order valence-electron chi connectivity index (χ0n) is 28.0. The van der Waals surface area contributed by atoms with E-state index in [1.165, 1.54) is 37.3 Å². The topological polar surface area (TPSA) is 295 Å². The van der Waals surface area contributed by atoms with Crippen LogP contribution in [0.25, 0.3) is 0 Å². The molecule has 0 aromatic heterocycles. The molecule has 3 heterocycles. The molecule has 0 radical (unpaired) electrons. The number of aromatic hydroxyl groups is 2. The monoisotopic (exact) mass is 740 g/mol.